The first-order valence-corrected chi connectivity index (χ1v) is 4.27. The van der Waals surface area contributed by atoms with Gasteiger partial charge in [-0.1, -0.05) is 0 Å². The van der Waals surface area contributed by atoms with Crippen LogP contribution in [0.15, 0.2) is 0 Å². The largest absolute Gasteiger partial charge is 0.481 e. The second kappa shape index (κ2) is 3.42. The van der Waals surface area contributed by atoms with Crippen LogP contribution in [0, 0.1) is 5.92 Å². The molecule has 0 aliphatic carbocycles. The fourth-order valence-corrected chi connectivity index (χ4v) is 1.66. The third-order valence-corrected chi connectivity index (χ3v) is 2.70. The van der Waals surface area contributed by atoms with Crippen molar-refractivity contribution in [3.05, 3.63) is 0 Å². The number of carbonyl (C=O) groups is 4. The molecule has 0 saturated carbocycles. The Morgan fingerprint density at radius 2 is 1.35 bits per heavy atom. The summed E-state index contributed by atoms with van der Waals surface area (Å²) in [7, 11) is 0. The molecule has 2 atom stereocenters. The molecule has 1 heterocycles. The number of aliphatic carboxylic acids is 4. The number of rotatable bonds is 5. The van der Waals surface area contributed by atoms with Crippen LogP contribution < -0.4 is 0 Å². The van der Waals surface area contributed by atoms with Gasteiger partial charge in [-0.05, 0) is 6.92 Å². The van der Waals surface area contributed by atoms with Gasteiger partial charge in [0.1, 0.15) is 0 Å². The van der Waals surface area contributed by atoms with Gasteiger partial charge in [0, 0.05) is 0 Å². The Bertz CT molecular complexity index is 411. The van der Waals surface area contributed by atoms with Gasteiger partial charge in [-0.3, -0.25) is 4.79 Å². The van der Waals surface area contributed by atoms with Crippen molar-refractivity contribution in [2.45, 2.75) is 18.1 Å². The van der Waals surface area contributed by atoms with Gasteiger partial charge in [-0.2, -0.15) is 0 Å². The molecule has 9 heteroatoms. The molecule has 0 aromatic heterocycles. The highest BCUT2D eigenvalue weighted by Crippen LogP contribution is 2.54. The molecule has 17 heavy (non-hydrogen) atoms. The summed E-state index contributed by atoms with van der Waals surface area (Å²) in [5.41, 5.74) is -5.85. The van der Waals surface area contributed by atoms with Crippen LogP contribution in [0.4, 0.5) is 0 Å². The molecule has 0 aromatic rings. The summed E-state index contributed by atoms with van der Waals surface area (Å²) in [6, 6.07) is 0. The highest BCUT2D eigenvalue weighted by Gasteiger charge is 2.88. The minimum Gasteiger partial charge on any atom is -0.481 e. The van der Waals surface area contributed by atoms with Crippen molar-refractivity contribution < 1.29 is 44.3 Å². The minimum atomic E-state index is -3.06. The van der Waals surface area contributed by atoms with Gasteiger partial charge in [0.15, 0.2) is 0 Å². The third kappa shape index (κ3) is 1.29. The van der Waals surface area contributed by atoms with Crippen LogP contribution in [0.2, 0.25) is 0 Å². The molecule has 9 nitrogen and oxygen atoms in total. The number of hydrogen-bond donors (Lipinski definition) is 4. The van der Waals surface area contributed by atoms with Gasteiger partial charge in [-0.15, -0.1) is 0 Å². The Morgan fingerprint density at radius 3 is 1.53 bits per heavy atom. The van der Waals surface area contributed by atoms with Crippen LogP contribution in [0.25, 0.3) is 0 Å². The molecule has 0 aromatic carbocycles. The van der Waals surface area contributed by atoms with Crippen molar-refractivity contribution in [3.63, 3.8) is 0 Å². The molecule has 1 saturated heterocycles. The first-order chi connectivity index (χ1) is 7.64. The van der Waals surface area contributed by atoms with Crippen molar-refractivity contribution in [1.82, 2.24) is 0 Å². The van der Waals surface area contributed by atoms with Crippen molar-refractivity contribution in [2.75, 3.05) is 0 Å². The summed E-state index contributed by atoms with van der Waals surface area (Å²) >= 11 is 0. The Balaban J connectivity index is 3.34. The van der Waals surface area contributed by atoms with Crippen molar-refractivity contribution in [2.24, 2.45) is 5.92 Å². The van der Waals surface area contributed by atoms with E-state index in [9.17, 15) is 19.2 Å². The van der Waals surface area contributed by atoms with Gasteiger partial charge in [0.05, 0.1) is 5.92 Å². The molecule has 0 radical (unpaired) electrons. The quantitative estimate of drug-likeness (QED) is 0.334. The Morgan fingerprint density at radius 1 is 0.941 bits per heavy atom. The van der Waals surface area contributed by atoms with Crippen LogP contribution in [-0.2, 0) is 23.9 Å². The maximum Gasteiger partial charge on any atom is 0.351 e. The molecule has 1 fully saturated rings. The standard InChI is InChI=1S/C8H8O9/c1-2(3(9)10)7(4(11)12)8(17-7,5(13)14)6(15)16/h2H,1H3,(H,9,10)(H,11,12)(H,13,14)(H,15,16). The maximum absolute atomic E-state index is 10.9. The van der Waals surface area contributed by atoms with Crippen molar-refractivity contribution >= 4 is 23.9 Å². The Kier molecular flexibility index (Phi) is 2.59. The molecule has 1 aliphatic heterocycles. The lowest BCUT2D eigenvalue weighted by atomic mass is 9.82. The molecule has 94 valence electrons. The van der Waals surface area contributed by atoms with Crippen LogP contribution in [0.1, 0.15) is 6.92 Å². The van der Waals surface area contributed by atoms with E-state index in [1.165, 1.54) is 0 Å². The minimum absolute atomic E-state index is 0.865. The van der Waals surface area contributed by atoms with E-state index in [0.29, 0.717) is 0 Å². The molecule has 1 aliphatic rings. The smallest absolute Gasteiger partial charge is 0.351 e. The summed E-state index contributed by atoms with van der Waals surface area (Å²) in [6.07, 6.45) is 0. The van der Waals surface area contributed by atoms with Gasteiger partial charge >= 0.3 is 29.5 Å². The van der Waals surface area contributed by atoms with E-state index in [-0.39, 0.29) is 0 Å². The normalized spacial score (nSPS) is 26.9. The molecular formula is C8H8O9. The van der Waals surface area contributed by atoms with Gasteiger partial charge < -0.3 is 25.2 Å². The van der Waals surface area contributed by atoms with E-state index in [2.05, 4.69) is 4.74 Å². The zero-order chi connectivity index (χ0) is 13.6. The van der Waals surface area contributed by atoms with Crippen LogP contribution >= 0.6 is 0 Å². The predicted molar refractivity (Wildman–Crippen MR) is 46.3 cm³/mol. The van der Waals surface area contributed by atoms with E-state index in [1.54, 1.807) is 0 Å². The summed E-state index contributed by atoms with van der Waals surface area (Å²) in [6.45, 7) is 0.865. The van der Waals surface area contributed by atoms with Crippen LogP contribution in [0.3, 0.4) is 0 Å². The number of hydrogen-bond acceptors (Lipinski definition) is 5. The van der Waals surface area contributed by atoms with Crippen LogP contribution in [-0.4, -0.2) is 55.5 Å². The number of carboxylic acid groups (broad SMARTS) is 4. The van der Waals surface area contributed by atoms with E-state index >= 15 is 0 Å². The molecule has 2 unspecified atom stereocenters. The van der Waals surface area contributed by atoms with Crippen molar-refractivity contribution in [3.8, 4) is 0 Å². The van der Waals surface area contributed by atoms with E-state index < -0.39 is 41.0 Å². The van der Waals surface area contributed by atoms with Crippen LogP contribution in [0.5, 0.6) is 0 Å². The molecule has 0 bridgehead atoms. The first-order valence-electron chi connectivity index (χ1n) is 4.27. The molecule has 0 spiro atoms. The third-order valence-electron chi connectivity index (χ3n) is 2.70. The fourth-order valence-electron chi connectivity index (χ4n) is 1.66. The summed E-state index contributed by atoms with van der Waals surface area (Å²) in [4.78, 5) is 43.3. The lowest BCUT2D eigenvalue weighted by Crippen LogP contribution is -2.50. The van der Waals surface area contributed by atoms with E-state index in [0.717, 1.165) is 6.92 Å². The SMILES string of the molecule is CC(C(=O)O)C1(C(=O)O)OC1(C(=O)O)C(=O)O. The second-order valence-electron chi connectivity index (χ2n) is 3.49. The highest BCUT2D eigenvalue weighted by molar-refractivity contribution is 6.15. The summed E-state index contributed by atoms with van der Waals surface area (Å²) in [5.74, 6) is -9.55. The highest BCUT2D eigenvalue weighted by atomic mass is 16.7. The number of epoxide rings is 1. The second-order valence-corrected chi connectivity index (χ2v) is 3.49. The monoisotopic (exact) mass is 248 g/mol. The zero-order valence-corrected chi connectivity index (χ0v) is 8.41. The molecule has 4 N–H and O–H groups in total. The molecule has 0 amide bonds. The molecular weight excluding hydrogens is 240 g/mol. The summed E-state index contributed by atoms with van der Waals surface area (Å²) < 4.78 is 4.32. The average molecular weight is 248 g/mol. The fraction of sp³-hybridized carbons (Fsp3) is 0.500. The Labute approximate surface area is 93.2 Å². The van der Waals surface area contributed by atoms with E-state index in [1.807, 2.05) is 0 Å². The van der Waals surface area contributed by atoms with Gasteiger partial charge in [-0.25, -0.2) is 14.4 Å². The maximum atomic E-state index is 10.9. The Hall–Kier alpha value is -2.16. The topological polar surface area (TPSA) is 162 Å². The predicted octanol–water partition coefficient (Wildman–Crippen LogP) is -1.53. The van der Waals surface area contributed by atoms with Crippen molar-refractivity contribution in [1.29, 1.82) is 0 Å². The zero-order valence-electron chi connectivity index (χ0n) is 8.41. The molecule has 1 rings (SSSR count). The lowest BCUT2D eigenvalue weighted by Gasteiger charge is -2.14. The average Bonchev–Trinajstić information content (AvgIpc) is 2.88. The van der Waals surface area contributed by atoms with E-state index in [4.69, 9.17) is 20.4 Å². The first kappa shape index (κ1) is 12.9. The lowest BCUT2D eigenvalue weighted by molar-refractivity contribution is -0.159. The van der Waals surface area contributed by atoms with Gasteiger partial charge in [0.2, 0.25) is 5.60 Å². The number of carboxylic acids is 4. The summed E-state index contributed by atoms with van der Waals surface area (Å²) in [5, 5.41) is 35.0. The number of ether oxygens (including phenoxy) is 1. The van der Waals surface area contributed by atoms with Gasteiger partial charge in [0.25, 0.3) is 0 Å².